The minimum atomic E-state index is -0.641. The molecule has 0 aliphatic carbocycles. The Morgan fingerprint density at radius 3 is 2.43 bits per heavy atom. The van der Waals surface area contributed by atoms with Crippen molar-refractivity contribution in [3.05, 3.63) is 29.3 Å². The van der Waals surface area contributed by atoms with Gasteiger partial charge in [0, 0.05) is 35.8 Å². The van der Waals surface area contributed by atoms with Crippen LogP contribution in [0.5, 0.6) is 0 Å². The van der Waals surface area contributed by atoms with Gasteiger partial charge in [-0.25, -0.2) is 0 Å². The van der Waals surface area contributed by atoms with E-state index >= 15 is 0 Å². The average molecular weight is 429 g/mol. The summed E-state index contributed by atoms with van der Waals surface area (Å²) in [6, 6.07) is 4.59. The molecule has 4 N–H and O–H groups in total. The lowest BCUT2D eigenvalue weighted by molar-refractivity contribution is -0.125. The third-order valence-corrected chi connectivity index (χ3v) is 5.43. The van der Waals surface area contributed by atoms with Crippen molar-refractivity contribution in [2.75, 3.05) is 36.5 Å². The van der Waals surface area contributed by atoms with Crippen LogP contribution in [0.4, 0.5) is 5.69 Å². The molecule has 0 spiro atoms. The number of nitrogens with one attached hydrogen (secondary N) is 2. The van der Waals surface area contributed by atoms with E-state index in [-0.39, 0.29) is 42.6 Å². The molecule has 1 aromatic carbocycles. The number of thioether (sulfide) groups is 1. The Morgan fingerprint density at radius 1 is 1.21 bits per heavy atom. The van der Waals surface area contributed by atoms with Crippen LogP contribution in [0.2, 0.25) is 0 Å². The number of carbonyl (C=O) groups is 3. The summed E-state index contributed by atoms with van der Waals surface area (Å²) in [7, 11) is 0. The fraction of sp³-hybridized carbons (Fsp3) is 0.526. The Labute approximate surface area is 176 Å². The van der Waals surface area contributed by atoms with E-state index in [4.69, 9.17) is 5.73 Å². The molecule has 3 amide bonds. The van der Waals surface area contributed by atoms with Crippen molar-refractivity contribution in [2.45, 2.75) is 26.8 Å². The normalized spacial score (nSPS) is 14.8. The van der Waals surface area contributed by atoms with Crippen molar-refractivity contribution in [2.24, 2.45) is 11.7 Å². The monoisotopic (exact) mass is 428 g/mol. The highest BCUT2D eigenvalue weighted by atomic mass is 35.5. The lowest BCUT2D eigenvalue weighted by Crippen LogP contribution is -2.46. The minimum Gasteiger partial charge on any atom is -0.346 e. The van der Waals surface area contributed by atoms with Crippen LogP contribution < -0.4 is 16.4 Å². The molecule has 28 heavy (non-hydrogen) atoms. The van der Waals surface area contributed by atoms with Gasteiger partial charge in [-0.2, -0.15) is 11.8 Å². The van der Waals surface area contributed by atoms with Crippen molar-refractivity contribution in [3.8, 4) is 0 Å². The van der Waals surface area contributed by atoms with Crippen molar-refractivity contribution in [1.82, 2.24) is 10.2 Å². The first-order valence-corrected chi connectivity index (χ1v) is 10.3. The number of nitrogens with zero attached hydrogens (tertiary/aromatic N) is 1. The smallest absolute Gasteiger partial charge is 0.253 e. The highest BCUT2D eigenvalue weighted by Gasteiger charge is 2.20. The zero-order valence-corrected chi connectivity index (χ0v) is 18.1. The van der Waals surface area contributed by atoms with E-state index in [1.54, 1.807) is 18.2 Å². The van der Waals surface area contributed by atoms with Gasteiger partial charge in [0.15, 0.2) is 0 Å². The largest absolute Gasteiger partial charge is 0.346 e. The summed E-state index contributed by atoms with van der Waals surface area (Å²) in [5.74, 6) is 1.26. The Hall–Kier alpha value is -1.77. The molecule has 1 fully saturated rings. The highest BCUT2D eigenvalue weighted by Crippen LogP contribution is 2.19. The summed E-state index contributed by atoms with van der Waals surface area (Å²) in [6.45, 7) is 6.91. The van der Waals surface area contributed by atoms with Crippen LogP contribution in [0, 0.1) is 12.8 Å². The topological polar surface area (TPSA) is 105 Å². The summed E-state index contributed by atoms with van der Waals surface area (Å²) in [5.41, 5.74) is 7.78. The van der Waals surface area contributed by atoms with Crippen molar-refractivity contribution >= 4 is 47.6 Å². The fourth-order valence-corrected chi connectivity index (χ4v) is 3.57. The maximum atomic E-state index is 12.6. The summed E-state index contributed by atoms with van der Waals surface area (Å²) in [4.78, 5) is 38.3. The summed E-state index contributed by atoms with van der Waals surface area (Å²) >= 11 is 1.85. The molecule has 156 valence electrons. The lowest BCUT2D eigenvalue weighted by Gasteiger charge is -2.26. The van der Waals surface area contributed by atoms with E-state index in [9.17, 15) is 14.4 Å². The minimum absolute atomic E-state index is 0. The molecule has 7 nitrogen and oxygen atoms in total. The third-order valence-electron chi connectivity index (χ3n) is 4.49. The number of carbonyl (C=O) groups excluding carboxylic acids is 3. The van der Waals surface area contributed by atoms with Crippen LogP contribution in [0.3, 0.4) is 0 Å². The number of rotatable bonds is 6. The quantitative estimate of drug-likeness (QED) is 0.639. The molecule has 0 unspecified atom stereocenters. The van der Waals surface area contributed by atoms with Crippen LogP contribution >= 0.6 is 24.2 Å². The maximum absolute atomic E-state index is 12.6. The first-order chi connectivity index (χ1) is 12.8. The molecule has 0 aromatic heterocycles. The first-order valence-electron chi connectivity index (χ1n) is 9.10. The van der Waals surface area contributed by atoms with E-state index < -0.39 is 6.04 Å². The lowest BCUT2D eigenvalue weighted by atomic mass is 10.1. The first kappa shape index (κ1) is 24.3. The molecule has 1 aromatic rings. The van der Waals surface area contributed by atoms with E-state index in [0.717, 1.165) is 30.2 Å². The standard InChI is InChI=1S/C19H28N4O3S.ClH/c1-12(2)17(20)18(25)21-11-16(24)22-15-5-4-14(10-13(15)3)19(26)23-6-8-27-9-7-23;/h4-5,10,12,17H,6-9,11,20H2,1-3H3,(H,21,25)(H,22,24);1H/t17-;/m0./s1. The van der Waals surface area contributed by atoms with E-state index in [1.165, 1.54) is 0 Å². The van der Waals surface area contributed by atoms with Crippen molar-refractivity contribution < 1.29 is 14.4 Å². The van der Waals surface area contributed by atoms with Gasteiger partial charge in [-0.1, -0.05) is 13.8 Å². The Bertz CT molecular complexity index is 708. The molecule has 1 aliphatic rings. The molecule has 0 saturated carbocycles. The number of hydrogen-bond donors (Lipinski definition) is 3. The molecule has 1 saturated heterocycles. The Balaban J connectivity index is 0.00000392. The van der Waals surface area contributed by atoms with Gasteiger partial charge < -0.3 is 21.3 Å². The van der Waals surface area contributed by atoms with E-state index in [2.05, 4.69) is 10.6 Å². The molecule has 2 rings (SSSR count). The second-order valence-corrected chi connectivity index (χ2v) is 8.19. The van der Waals surface area contributed by atoms with Crippen LogP contribution in [-0.2, 0) is 9.59 Å². The third kappa shape index (κ3) is 6.68. The van der Waals surface area contributed by atoms with Crippen molar-refractivity contribution in [3.63, 3.8) is 0 Å². The number of nitrogens with two attached hydrogens (primary N) is 1. The van der Waals surface area contributed by atoms with E-state index in [0.29, 0.717) is 11.3 Å². The second-order valence-electron chi connectivity index (χ2n) is 6.97. The Morgan fingerprint density at radius 2 is 1.86 bits per heavy atom. The predicted octanol–water partition coefficient (Wildman–Crippen LogP) is 1.64. The molecule has 9 heteroatoms. The zero-order chi connectivity index (χ0) is 20.0. The van der Waals surface area contributed by atoms with Gasteiger partial charge in [0.05, 0.1) is 12.6 Å². The Kier molecular flexibility index (Phi) is 9.78. The molecular weight excluding hydrogens is 400 g/mol. The second kappa shape index (κ2) is 11.3. The molecule has 1 atom stereocenters. The molecule has 0 bridgehead atoms. The van der Waals surface area contributed by atoms with Gasteiger partial charge in [-0.15, -0.1) is 12.4 Å². The van der Waals surface area contributed by atoms with Crippen LogP contribution in [0.1, 0.15) is 29.8 Å². The van der Waals surface area contributed by atoms with E-state index in [1.807, 2.05) is 37.4 Å². The molecule has 1 heterocycles. The summed E-state index contributed by atoms with van der Waals surface area (Å²) in [6.07, 6.45) is 0. The average Bonchev–Trinajstić information content (AvgIpc) is 2.67. The van der Waals surface area contributed by atoms with Gasteiger partial charge in [-0.3, -0.25) is 14.4 Å². The van der Waals surface area contributed by atoms with Crippen molar-refractivity contribution in [1.29, 1.82) is 0 Å². The predicted molar refractivity (Wildman–Crippen MR) is 116 cm³/mol. The number of benzene rings is 1. The van der Waals surface area contributed by atoms with Gasteiger partial charge in [0.1, 0.15) is 0 Å². The SMILES string of the molecule is Cc1cc(C(=O)N2CCSCC2)ccc1NC(=O)CNC(=O)[C@@H](N)C(C)C.Cl. The number of halogens is 1. The molecule has 1 aliphatic heterocycles. The summed E-state index contributed by atoms with van der Waals surface area (Å²) < 4.78 is 0. The fourth-order valence-electron chi connectivity index (χ4n) is 2.67. The number of anilines is 1. The highest BCUT2D eigenvalue weighted by molar-refractivity contribution is 7.99. The van der Waals surface area contributed by atoms with Gasteiger partial charge >= 0.3 is 0 Å². The van der Waals surface area contributed by atoms with Gasteiger partial charge in [0.2, 0.25) is 11.8 Å². The maximum Gasteiger partial charge on any atom is 0.253 e. The number of amides is 3. The zero-order valence-electron chi connectivity index (χ0n) is 16.5. The van der Waals surface area contributed by atoms with Gasteiger partial charge in [-0.05, 0) is 36.6 Å². The molecule has 0 radical (unpaired) electrons. The van der Waals surface area contributed by atoms with Crippen LogP contribution in [0.25, 0.3) is 0 Å². The summed E-state index contributed by atoms with van der Waals surface area (Å²) in [5, 5.41) is 5.29. The van der Waals surface area contributed by atoms with Crippen LogP contribution in [0.15, 0.2) is 18.2 Å². The van der Waals surface area contributed by atoms with Gasteiger partial charge in [0.25, 0.3) is 5.91 Å². The number of hydrogen-bond acceptors (Lipinski definition) is 5. The number of aryl methyl sites for hydroxylation is 1. The van der Waals surface area contributed by atoms with Crippen LogP contribution in [-0.4, -0.2) is 59.8 Å². The molecular formula is C19H29ClN4O3S.